The van der Waals surface area contributed by atoms with E-state index in [9.17, 15) is 4.79 Å². The summed E-state index contributed by atoms with van der Waals surface area (Å²) in [6.45, 7) is 0. The predicted octanol–water partition coefficient (Wildman–Crippen LogP) is 3.16. The molecule has 1 amide bonds. The molecule has 3 heteroatoms. The zero-order chi connectivity index (χ0) is 14.2. The summed E-state index contributed by atoms with van der Waals surface area (Å²) in [6.07, 6.45) is 7.08. The summed E-state index contributed by atoms with van der Waals surface area (Å²) in [4.78, 5) is 12.0. The Morgan fingerprint density at radius 2 is 1.62 bits per heavy atom. The monoisotopic (exact) mass is 282 g/mol. The SMILES string of the molecule is O=C(Cc1ccccc1)NN=C1C2CC3CC(C2)CC1C3. The van der Waals surface area contributed by atoms with Gasteiger partial charge in [0.2, 0.25) is 5.91 Å². The molecule has 1 N–H and O–H groups in total. The molecule has 5 rings (SSSR count). The summed E-state index contributed by atoms with van der Waals surface area (Å²) in [5.74, 6) is 3.18. The van der Waals surface area contributed by atoms with Crippen molar-refractivity contribution in [1.29, 1.82) is 0 Å². The molecular weight excluding hydrogens is 260 g/mol. The molecule has 4 aliphatic carbocycles. The Hall–Kier alpha value is -1.64. The summed E-state index contributed by atoms with van der Waals surface area (Å²) in [5.41, 5.74) is 5.15. The first-order valence-corrected chi connectivity index (χ1v) is 8.18. The Balaban J connectivity index is 1.40. The van der Waals surface area contributed by atoms with Crippen molar-refractivity contribution in [3.05, 3.63) is 35.9 Å². The smallest absolute Gasteiger partial charge is 0.244 e. The highest BCUT2D eigenvalue weighted by atomic mass is 16.2. The fourth-order valence-corrected chi connectivity index (χ4v) is 4.80. The number of hydrazone groups is 1. The topological polar surface area (TPSA) is 41.5 Å². The third-order valence-electron chi connectivity index (χ3n) is 5.49. The first kappa shape index (κ1) is 13.1. The lowest BCUT2D eigenvalue weighted by molar-refractivity contribution is -0.120. The highest BCUT2D eigenvalue weighted by Crippen LogP contribution is 2.52. The van der Waals surface area contributed by atoms with Gasteiger partial charge in [-0.15, -0.1) is 0 Å². The molecule has 0 saturated heterocycles. The van der Waals surface area contributed by atoms with Gasteiger partial charge in [-0.05, 0) is 61.3 Å². The molecule has 1 aromatic rings. The van der Waals surface area contributed by atoms with Gasteiger partial charge in [0.25, 0.3) is 0 Å². The first-order valence-electron chi connectivity index (χ1n) is 8.18. The molecule has 0 spiro atoms. The van der Waals surface area contributed by atoms with Crippen LogP contribution in [0.5, 0.6) is 0 Å². The maximum atomic E-state index is 12.0. The first-order chi connectivity index (χ1) is 10.3. The van der Waals surface area contributed by atoms with Crippen LogP contribution in [0.3, 0.4) is 0 Å². The van der Waals surface area contributed by atoms with Crippen LogP contribution in [-0.2, 0) is 11.2 Å². The van der Waals surface area contributed by atoms with E-state index in [1.165, 1.54) is 37.8 Å². The maximum absolute atomic E-state index is 12.0. The largest absolute Gasteiger partial charge is 0.273 e. The van der Waals surface area contributed by atoms with Gasteiger partial charge in [0.1, 0.15) is 0 Å². The van der Waals surface area contributed by atoms with Crippen molar-refractivity contribution < 1.29 is 4.79 Å². The molecule has 0 heterocycles. The predicted molar refractivity (Wildman–Crippen MR) is 82.8 cm³/mol. The van der Waals surface area contributed by atoms with E-state index in [-0.39, 0.29) is 5.91 Å². The standard InChI is InChI=1S/C18H22N2O/c21-17(11-12-4-2-1-3-5-12)19-20-18-15-7-13-6-14(9-15)10-16(18)8-13/h1-5,13-16H,6-11H2,(H,19,21). The van der Waals surface area contributed by atoms with E-state index in [2.05, 4.69) is 10.5 Å². The Labute approximate surface area is 125 Å². The molecule has 0 radical (unpaired) electrons. The van der Waals surface area contributed by atoms with Gasteiger partial charge >= 0.3 is 0 Å². The minimum atomic E-state index is 0.00232. The summed E-state index contributed by atoms with van der Waals surface area (Å²) in [5, 5.41) is 4.54. The molecule has 4 saturated carbocycles. The van der Waals surface area contributed by atoms with Gasteiger partial charge in [0.05, 0.1) is 6.42 Å². The van der Waals surface area contributed by atoms with Crippen molar-refractivity contribution in [2.45, 2.75) is 38.5 Å². The average Bonchev–Trinajstić information content (AvgIpc) is 2.47. The minimum absolute atomic E-state index is 0.00232. The lowest BCUT2D eigenvalue weighted by Gasteiger charge is -2.50. The van der Waals surface area contributed by atoms with Crippen molar-refractivity contribution in [1.82, 2.24) is 5.43 Å². The number of carbonyl (C=O) groups excluding carboxylic acids is 1. The van der Waals surface area contributed by atoms with E-state index in [0.717, 1.165) is 17.4 Å². The third-order valence-corrected chi connectivity index (χ3v) is 5.49. The van der Waals surface area contributed by atoms with E-state index in [4.69, 9.17) is 0 Å². The Morgan fingerprint density at radius 3 is 2.24 bits per heavy atom. The normalized spacial score (nSPS) is 33.0. The van der Waals surface area contributed by atoms with Crippen LogP contribution in [0.25, 0.3) is 0 Å². The van der Waals surface area contributed by atoms with Crippen molar-refractivity contribution in [3.8, 4) is 0 Å². The number of rotatable bonds is 3. The third kappa shape index (κ3) is 2.61. The summed E-state index contributed by atoms with van der Waals surface area (Å²) >= 11 is 0. The quantitative estimate of drug-likeness (QED) is 0.850. The van der Waals surface area contributed by atoms with Crippen molar-refractivity contribution >= 4 is 11.6 Å². The fourth-order valence-electron chi connectivity index (χ4n) is 4.80. The van der Waals surface area contributed by atoms with Gasteiger partial charge in [-0.1, -0.05) is 30.3 Å². The van der Waals surface area contributed by atoms with Crippen LogP contribution < -0.4 is 5.43 Å². The number of carbonyl (C=O) groups is 1. The molecule has 1 aromatic carbocycles. The number of amides is 1. The highest BCUT2D eigenvalue weighted by Gasteiger charge is 2.46. The molecule has 0 unspecified atom stereocenters. The summed E-state index contributed by atoms with van der Waals surface area (Å²) in [7, 11) is 0. The van der Waals surface area contributed by atoms with Crippen LogP contribution in [-0.4, -0.2) is 11.6 Å². The molecule has 3 nitrogen and oxygen atoms in total. The van der Waals surface area contributed by atoms with Crippen LogP contribution in [0.15, 0.2) is 35.4 Å². The number of hydrogen-bond acceptors (Lipinski definition) is 2. The maximum Gasteiger partial charge on any atom is 0.244 e. The molecule has 0 aromatic heterocycles. The Morgan fingerprint density at radius 1 is 1.00 bits per heavy atom. The second-order valence-electron chi connectivity index (χ2n) is 7.04. The minimum Gasteiger partial charge on any atom is -0.273 e. The van der Waals surface area contributed by atoms with Gasteiger partial charge in [0.15, 0.2) is 0 Å². The van der Waals surface area contributed by atoms with Gasteiger partial charge in [-0.25, -0.2) is 5.43 Å². The van der Waals surface area contributed by atoms with Crippen LogP contribution in [0.4, 0.5) is 0 Å². The molecule has 0 atom stereocenters. The van der Waals surface area contributed by atoms with Crippen LogP contribution in [0.1, 0.15) is 37.7 Å². The van der Waals surface area contributed by atoms with E-state index in [1.54, 1.807) is 0 Å². The summed E-state index contributed by atoms with van der Waals surface area (Å²) < 4.78 is 0. The molecule has 21 heavy (non-hydrogen) atoms. The van der Waals surface area contributed by atoms with Crippen LogP contribution in [0, 0.1) is 23.7 Å². The zero-order valence-corrected chi connectivity index (χ0v) is 12.3. The lowest BCUT2D eigenvalue weighted by Crippen LogP contribution is -2.46. The van der Waals surface area contributed by atoms with E-state index >= 15 is 0 Å². The van der Waals surface area contributed by atoms with Crippen LogP contribution >= 0.6 is 0 Å². The van der Waals surface area contributed by atoms with Gasteiger partial charge in [-0.2, -0.15) is 5.10 Å². The van der Waals surface area contributed by atoms with Crippen molar-refractivity contribution in [2.75, 3.05) is 0 Å². The summed E-state index contributed by atoms with van der Waals surface area (Å²) in [6, 6.07) is 9.86. The van der Waals surface area contributed by atoms with E-state index < -0.39 is 0 Å². The van der Waals surface area contributed by atoms with Gasteiger partial charge in [0, 0.05) is 5.71 Å². The van der Waals surface area contributed by atoms with Crippen molar-refractivity contribution in [3.63, 3.8) is 0 Å². The molecular formula is C18H22N2O. The molecule has 0 aliphatic heterocycles. The lowest BCUT2D eigenvalue weighted by atomic mass is 9.55. The second kappa shape index (κ2) is 5.28. The van der Waals surface area contributed by atoms with Gasteiger partial charge < -0.3 is 0 Å². The van der Waals surface area contributed by atoms with Crippen LogP contribution in [0.2, 0.25) is 0 Å². The van der Waals surface area contributed by atoms with E-state index in [0.29, 0.717) is 18.3 Å². The second-order valence-corrected chi connectivity index (χ2v) is 7.04. The number of benzene rings is 1. The number of nitrogens with zero attached hydrogens (tertiary/aromatic N) is 1. The highest BCUT2D eigenvalue weighted by molar-refractivity contribution is 5.92. The number of hydrogen-bond donors (Lipinski definition) is 1. The Kier molecular flexibility index (Phi) is 3.28. The molecule has 4 fully saturated rings. The fraction of sp³-hybridized carbons (Fsp3) is 0.556. The molecule has 4 bridgehead atoms. The Bertz CT molecular complexity index is 534. The average molecular weight is 282 g/mol. The number of nitrogens with one attached hydrogen (secondary N) is 1. The zero-order valence-electron chi connectivity index (χ0n) is 12.3. The molecule has 4 aliphatic rings. The van der Waals surface area contributed by atoms with Gasteiger partial charge in [-0.3, -0.25) is 4.79 Å². The van der Waals surface area contributed by atoms with Crippen molar-refractivity contribution in [2.24, 2.45) is 28.8 Å². The van der Waals surface area contributed by atoms with E-state index in [1.807, 2.05) is 30.3 Å². The molecule has 110 valence electrons.